The second-order valence-corrected chi connectivity index (χ2v) is 17.0. The van der Waals surface area contributed by atoms with Crippen molar-refractivity contribution in [2.24, 2.45) is 38.8 Å². The van der Waals surface area contributed by atoms with E-state index in [2.05, 4.69) is 25.9 Å². The van der Waals surface area contributed by atoms with Gasteiger partial charge in [0, 0.05) is 45.6 Å². The van der Waals surface area contributed by atoms with E-state index in [0.717, 1.165) is 19.4 Å². The molecule has 17 N–H and O–H groups in total. The first-order valence-electron chi connectivity index (χ1n) is 24.4. The van der Waals surface area contributed by atoms with Gasteiger partial charge in [0.05, 0.1) is 84.0 Å². The molecule has 0 aromatic heterocycles. The Kier molecular flexibility index (Phi) is 31.4. The molecule has 2 aliphatic rings. The van der Waals surface area contributed by atoms with Gasteiger partial charge in [-0.15, -0.1) is 0 Å². The maximum absolute atomic E-state index is 13.5. The summed E-state index contributed by atoms with van der Waals surface area (Å²) < 4.78 is 44.4. The first-order valence-corrected chi connectivity index (χ1v) is 24.4. The summed E-state index contributed by atoms with van der Waals surface area (Å²) in [7, 11) is 0. The summed E-state index contributed by atoms with van der Waals surface area (Å²) in [6, 6.07) is -3.36. The Morgan fingerprint density at radius 2 is 1.11 bits per heavy atom. The summed E-state index contributed by atoms with van der Waals surface area (Å²) in [4.78, 5) is 84.9. The number of guanidine groups is 2. The van der Waals surface area contributed by atoms with Gasteiger partial charge in [-0.05, 0) is 31.4 Å². The number of nitrogens with two attached hydrogens (primary N) is 4. The number of amides is 4. The highest BCUT2D eigenvalue weighted by molar-refractivity contribution is 5.86. The third kappa shape index (κ3) is 25.0. The Bertz CT molecular complexity index is 1900. The van der Waals surface area contributed by atoms with Gasteiger partial charge in [-0.25, -0.2) is 19.6 Å². The maximum Gasteiger partial charge on any atom is 0.370 e. The van der Waals surface area contributed by atoms with E-state index in [1.165, 1.54) is 11.0 Å². The predicted molar refractivity (Wildman–Crippen MR) is 263 cm³/mol. The van der Waals surface area contributed by atoms with E-state index in [1.54, 1.807) is 6.92 Å². The highest BCUT2D eigenvalue weighted by Crippen LogP contribution is 2.31. The van der Waals surface area contributed by atoms with Crippen LogP contribution >= 0.6 is 0 Å². The molecular formula is C45H78N10O20. The molecule has 30 nitrogen and oxygen atoms in total. The van der Waals surface area contributed by atoms with E-state index in [4.69, 9.17) is 60.8 Å². The van der Waals surface area contributed by atoms with Gasteiger partial charge < -0.3 is 112 Å². The Hall–Kier alpha value is -5.96. The number of aliphatic hydroxyl groups is 4. The minimum absolute atomic E-state index is 0.00410. The van der Waals surface area contributed by atoms with Crippen LogP contribution in [0.25, 0.3) is 0 Å². The number of carbonyl (C=O) groups is 6. The normalized spacial score (nSPS) is 20.8. The Labute approximate surface area is 434 Å². The van der Waals surface area contributed by atoms with Crippen LogP contribution in [-0.2, 0) is 66.7 Å². The van der Waals surface area contributed by atoms with Crippen molar-refractivity contribution >= 4 is 47.5 Å². The molecule has 0 fully saturated rings. The van der Waals surface area contributed by atoms with Crippen LogP contribution in [0.4, 0.5) is 0 Å². The van der Waals surface area contributed by atoms with Crippen molar-refractivity contribution in [1.82, 2.24) is 20.9 Å². The molecule has 0 aliphatic carbocycles. The van der Waals surface area contributed by atoms with Crippen LogP contribution in [0.1, 0.15) is 46.5 Å². The predicted octanol–water partition coefficient (Wildman–Crippen LogP) is -5.67. The van der Waals surface area contributed by atoms with Crippen molar-refractivity contribution in [3.05, 3.63) is 23.7 Å². The van der Waals surface area contributed by atoms with Crippen molar-refractivity contribution in [3.63, 3.8) is 0 Å². The van der Waals surface area contributed by atoms with Crippen LogP contribution < -0.4 is 38.9 Å². The van der Waals surface area contributed by atoms with E-state index < -0.39 is 134 Å². The second-order valence-electron chi connectivity index (χ2n) is 17.0. The van der Waals surface area contributed by atoms with Gasteiger partial charge in [-0.1, -0.05) is 13.8 Å². The fraction of sp³-hybridized carbons (Fsp3) is 0.733. The molecule has 0 aromatic rings. The SMILES string of the molecule is CCCOCCOCCOCCOCCC(=O)N(CCCNC(=O)CO[C@@H]([C@@H]1OC(C(=O)O)=C[C@H](N=C(N)N)[C@H]1C)[C@H](O)CO)CCCNC(=O)CO[C@@H]([C@@H]1OC(C(=O)O)=C[C@H](N=C(N)N)[C@H]1NC(C)=O)[C@H](O)CO. The van der Waals surface area contributed by atoms with Crippen molar-refractivity contribution in [1.29, 1.82) is 0 Å². The standard InChI is InChI=1S/C45H78N10O20/c1-4-12-68-14-16-70-18-19-71-17-15-69-13-7-36(63)55(10-5-8-50-34(61)24-72-39(30(59)22-56)38-26(2)28(53-44(46)47)20-32(74-38)42(64)65)11-6-9-51-35(62)25-73-40(31(60)23-57)41-37(52-27(3)58)29(54-45(48)49)21-33(75-41)43(66)67/h20-21,26,28-31,37-41,56-57,59-60H,4-19,22-25H2,1-3H3,(H,50,61)(H,51,62)(H,52,58)(H,64,65)(H,66,67)(H4,46,47,53)(H4,48,49,54)/t26-,28+,29+,30-,31-,37-,38-,39-,40-,41-/m1/s1. The average molecular weight is 1080 g/mol. The van der Waals surface area contributed by atoms with Gasteiger partial charge in [0.15, 0.2) is 18.0 Å². The van der Waals surface area contributed by atoms with Crippen molar-refractivity contribution in [3.8, 4) is 0 Å². The summed E-state index contributed by atoms with van der Waals surface area (Å²) in [6.07, 6.45) is -5.58. The van der Waals surface area contributed by atoms with Crippen molar-refractivity contribution in [2.75, 3.05) is 105 Å². The summed E-state index contributed by atoms with van der Waals surface area (Å²) in [5, 5.41) is 68.2. The first-order chi connectivity index (χ1) is 35.7. The molecule has 428 valence electrons. The van der Waals surface area contributed by atoms with Gasteiger partial charge in [-0.3, -0.25) is 19.2 Å². The number of aliphatic hydroxyl groups excluding tert-OH is 4. The zero-order valence-electron chi connectivity index (χ0n) is 42.6. The fourth-order valence-electron chi connectivity index (χ4n) is 7.49. The average Bonchev–Trinajstić information content (AvgIpc) is 3.35. The van der Waals surface area contributed by atoms with Crippen LogP contribution in [0.15, 0.2) is 33.7 Å². The summed E-state index contributed by atoms with van der Waals surface area (Å²) in [6.45, 7) is 4.75. The third-order valence-electron chi connectivity index (χ3n) is 11.1. The van der Waals surface area contributed by atoms with E-state index in [1.807, 2.05) is 6.92 Å². The number of nitrogens with zero attached hydrogens (tertiary/aromatic N) is 3. The van der Waals surface area contributed by atoms with Crippen LogP contribution in [0.3, 0.4) is 0 Å². The monoisotopic (exact) mass is 1080 g/mol. The topological polar surface area (TPSA) is 466 Å². The lowest BCUT2D eigenvalue weighted by Crippen LogP contribution is -2.60. The number of carboxylic acids is 2. The van der Waals surface area contributed by atoms with E-state index >= 15 is 0 Å². The van der Waals surface area contributed by atoms with Crippen LogP contribution in [0.5, 0.6) is 0 Å². The van der Waals surface area contributed by atoms with Gasteiger partial charge in [-0.2, -0.15) is 0 Å². The zero-order valence-corrected chi connectivity index (χ0v) is 42.6. The summed E-state index contributed by atoms with van der Waals surface area (Å²) >= 11 is 0. The van der Waals surface area contributed by atoms with Crippen LogP contribution in [0.2, 0.25) is 0 Å². The number of ether oxygens (including phenoxy) is 8. The van der Waals surface area contributed by atoms with Crippen molar-refractivity contribution in [2.45, 2.75) is 101 Å². The molecule has 4 amide bonds. The number of aliphatic imine (C=N–C) groups is 2. The molecule has 0 saturated heterocycles. The number of aliphatic carboxylic acids is 2. The minimum Gasteiger partial charge on any atom is -0.480 e. The van der Waals surface area contributed by atoms with Gasteiger partial charge in [0.25, 0.3) is 0 Å². The smallest absolute Gasteiger partial charge is 0.370 e. The molecule has 0 aromatic carbocycles. The lowest BCUT2D eigenvalue weighted by molar-refractivity contribution is -0.160. The number of rotatable bonds is 39. The molecule has 0 saturated carbocycles. The molecule has 0 spiro atoms. The number of nitrogens with one attached hydrogen (secondary N) is 3. The quantitative estimate of drug-likeness (QED) is 0.0155. The lowest BCUT2D eigenvalue weighted by Gasteiger charge is -2.40. The number of hydrogen-bond donors (Lipinski definition) is 13. The van der Waals surface area contributed by atoms with E-state index in [0.29, 0.717) is 33.0 Å². The molecule has 75 heavy (non-hydrogen) atoms. The highest BCUT2D eigenvalue weighted by Gasteiger charge is 2.46. The van der Waals surface area contributed by atoms with E-state index in [9.17, 15) is 59.4 Å². The Balaban J connectivity index is 2.05. The maximum atomic E-state index is 13.5. The molecule has 0 bridgehead atoms. The van der Waals surface area contributed by atoms with Crippen LogP contribution in [0, 0.1) is 5.92 Å². The lowest BCUT2D eigenvalue weighted by atomic mass is 9.87. The Morgan fingerprint density at radius 1 is 0.680 bits per heavy atom. The van der Waals surface area contributed by atoms with Crippen molar-refractivity contribution < 1.29 is 97.3 Å². The zero-order chi connectivity index (χ0) is 55.9. The molecule has 2 rings (SSSR count). The molecule has 0 unspecified atom stereocenters. The molecule has 30 heteroatoms. The molecular weight excluding hydrogens is 1000 g/mol. The van der Waals surface area contributed by atoms with Gasteiger partial charge in [0.2, 0.25) is 35.1 Å². The fourth-order valence-corrected chi connectivity index (χ4v) is 7.49. The van der Waals surface area contributed by atoms with Gasteiger partial charge >= 0.3 is 11.9 Å². The number of carbonyl (C=O) groups excluding carboxylic acids is 4. The highest BCUT2D eigenvalue weighted by atomic mass is 16.6. The number of carboxylic acid groups (broad SMARTS) is 2. The third-order valence-corrected chi connectivity index (χ3v) is 11.1. The largest absolute Gasteiger partial charge is 0.480 e. The number of hydrogen-bond acceptors (Lipinski definition) is 20. The molecule has 2 heterocycles. The second kappa shape index (κ2) is 36.1. The van der Waals surface area contributed by atoms with Crippen LogP contribution in [-0.4, -0.2) is 243 Å². The first kappa shape index (κ1) is 65.2. The summed E-state index contributed by atoms with van der Waals surface area (Å²) in [5.74, 6) is -7.97. The molecule has 0 radical (unpaired) electrons. The Morgan fingerprint density at radius 3 is 1.55 bits per heavy atom. The van der Waals surface area contributed by atoms with E-state index in [-0.39, 0.29) is 77.1 Å². The molecule has 10 atom stereocenters. The minimum atomic E-state index is -1.76. The molecule has 2 aliphatic heterocycles. The summed E-state index contributed by atoms with van der Waals surface area (Å²) in [5.41, 5.74) is 22.2. The van der Waals surface area contributed by atoms with Gasteiger partial charge in [0.1, 0.15) is 43.7 Å².